The lowest BCUT2D eigenvalue weighted by atomic mass is 9.46. The molecule has 1 saturated heterocycles. The second kappa shape index (κ2) is 16.4. The molecule has 16 nitrogen and oxygen atoms in total. The Morgan fingerprint density at radius 1 is 1.07 bits per heavy atom. The standard InChI is InChI=1S/C39H54O16/c1-10-20(3)32(46)35(47)54-34-33(51-19-41)31(21(4)39(48)28(53-23(6)43)14-25(38(34,39)9)24-12-13-49-17-24)37(8)26(15-29(44)50-11-2)36(7,18-40)55-30(45)16-27(37)52-22(5)42/h12-13,17,19-20,25-28,31-34,40,46,48H,4,10-11,14-16,18H2,1-3,5-9H3/t20-,25+,26?,27+,28-,31?,32-,33-,34+,36-,37-,38-,39-/m1/s1. The van der Waals surface area contributed by atoms with Gasteiger partial charge in [0.2, 0.25) is 0 Å². The fourth-order valence-corrected chi connectivity index (χ4v) is 9.61. The van der Waals surface area contributed by atoms with Gasteiger partial charge in [0.15, 0.2) is 6.10 Å². The molecule has 0 spiro atoms. The Morgan fingerprint density at radius 2 is 1.71 bits per heavy atom. The van der Waals surface area contributed by atoms with Crippen molar-refractivity contribution in [2.75, 3.05) is 13.2 Å². The Morgan fingerprint density at radius 3 is 2.24 bits per heavy atom. The molecule has 3 aliphatic rings. The zero-order valence-corrected chi connectivity index (χ0v) is 32.6. The van der Waals surface area contributed by atoms with Crippen LogP contribution in [0.15, 0.2) is 35.2 Å². The molecule has 306 valence electrons. The van der Waals surface area contributed by atoms with E-state index in [0.717, 1.165) is 13.8 Å². The monoisotopic (exact) mass is 778 g/mol. The molecule has 0 aromatic carbocycles. The summed E-state index contributed by atoms with van der Waals surface area (Å²) >= 11 is 0. The molecule has 1 aliphatic heterocycles. The minimum absolute atomic E-state index is 0.0492. The van der Waals surface area contributed by atoms with E-state index < -0.39 is 126 Å². The number of aliphatic hydroxyl groups is 3. The maximum absolute atomic E-state index is 14.0. The molecule has 0 amide bonds. The van der Waals surface area contributed by atoms with Gasteiger partial charge in [-0.15, -0.1) is 0 Å². The Hall–Kier alpha value is -4.28. The summed E-state index contributed by atoms with van der Waals surface area (Å²) in [7, 11) is 0. The highest BCUT2D eigenvalue weighted by molar-refractivity contribution is 5.76. The van der Waals surface area contributed by atoms with E-state index in [9.17, 15) is 44.1 Å². The first kappa shape index (κ1) is 43.4. The van der Waals surface area contributed by atoms with Crippen molar-refractivity contribution in [2.24, 2.45) is 28.6 Å². The van der Waals surface area contributed by atoms with Gasteiger partial charge in [0.05, 0.1) is 44.0 Å². The molecule has 13 atom stereocenters. The summed E-state index contributed by atoms with van der Waals surface area (Å²) < 4.78 is 40.3. The second-order valence-electron chi connectivity index (χ2n) is 15.6. The molecule has 3 N–H and O–H groups in total. The van der Waals surface area contributed by atoms with Crippen molar-refractivity contribution >= 4 is 36.3 Å². The van der Waals surface area contributed by atoms with Crippen LogP contribution >= 0.6 is 0 Å². The fraction of sp³-hybridized carbons (Fsp3) is 0.692. The Labute approximate surface area is 319 Å². The predicted molar refractivity (Wildman–Crippen MR) is 188 cm³/mol. The third-order valence-electron chi connectivity index (χ3n) is 12.5. The third kappa shape index (κ3) is 7.40. The van der Waals surface area contributed by atoms with Gasteiger partial charge >= 0.3 is 29.8 Å². The normalized spacial score (nSPS) is 37.0. The van der Waals surface area contributed by atoms with Crippen molar-refractivity contribution in [2.45, 2.75) is 129 Å². The van der Waals surface area contributed by atoms with Crippen LogP contribution in [0.25, 0.3) is 0 Å². The maximum atomic E-state index is 14.0. The van der Waals surface area contributed by atoms with Crippen molar-refractivity contribution in [3.8, 4) is 0 Å². The highest BCUT2D eigenvalue weighted by atomic mass is 16.6. The molecule has 55 heavy (non-hydrogen) atoms. The minimum Gasteiger partial charge on any atom is -0.472 e. The molecule has 0 bridgehead atoms. The zero-order chi connectivity index (χ0) is 41.3. The van der Waals surface area contributed by atoms with Crippen LogP contribution in [0.5, 0.6) is 0 Å². The first-order chi connectivity index (χ1) is 25.7. The van der Waals surface area contributed by atoms with Gasteiger partial charge in [-0.2, -0.15) is 0 Å². The number of hydrogen-bond acceptors (Lipinski definition) is 16. The van der Waals surface area contributed by atoms with Crippen molar-refractivity contribution < 1.29 is 76.9 Å². The SMILES string of the molecule is C=C1C([C@]2(C)C(CC(=O)OCC)[C@@](C)(CO)OC(=O)C[C@@H]2OC(C)=O)[C@@H](OC=O)[C@H](OC(=O)[C@H](O)[C@H](C)CC)[C@@]2(C)[C@H](c3ccoc3)C[C@@H](OC(C)=O)[C@]12O. The lowest BCUT2D eigenvalue weighted by Crippen LogP contribution is -2.72. The highest BCUT2D eigenvalue weighted by Crippen LogP contribution is 2.69. The number of cyclic esters (lactones) is 1. The molecular weight excluding hydrogens is 724 g/mol. The number of furan rings is 1. The van der Waals surface area contributed by atoms with Crippen LogP contribution in [-0.4, -0.2) is 107 Å². The Kier molecular flexibility index (Phi) is 13.0. The van der Waals surface area contributed by atoms with Crippen LogP contribution in [-0.2, 0) is 57.2 Å². The molecule has 2 heterocycles. The first-order valence-electron chi connectivity index (χ1n) is 18.5. The quantitative estimate of drug-likeness (QED) is 0.107. The van der Waals surface area contributed by atoms with Gasteiger partial charge in [0.25, 0.3) is 6.47 Å². The summed E-state index contributed by atoms with van der Waals surface area (Å²) in [6.07, 6.45) is -6.14. The van der Waals surface area contributed by atoms with E-state index in [4.69, 9.17) is 32.8 Å². The van der Waals surface area contributed by atoms with Crippen LogP contribution < -0.4 is 0 Å². The van der Waals surface area contributed by atoms with Crippen LogP contribution in [0.3, 0.4) is 0 Å². The summed E-state index contributed by atoms with van der Waals surface area (Å²) in [4.78, 5) is 79.2. The number of fused-ring (bicyclic) bond motifs is 1. The smallest absolute Gasteiger partial charge is 0.335 e. The summed E-state index contributed by atoms with van der Waals surface area (Å²) in [5.41, 5.74) is -7.64. The van der Waals surface area contributed by atoms with Crippen LogP contribution in [0.1, 0.15) is 92.6 Å². The van der Waals surface area contributed by atoms with E-state index in [0.29, 0.717) is 12.0 Å². The minimum atomic E-state index is -2.38. The van der Waals surface area contributed by atoms with E-state index >= 15 is 0 Å². The summed E-state index contributed by atoms with van der Waals surface area (Å²) in [6.45, 7) is 15.1. The van der Waals surface area contributed by atoms with Gasteiger partial charge in [-0.3, -0.25) is 24.0 Å². The molecule has 2 saturated carbocycles. The third-order valence-corrected chi connectivity index (χ3v) is 12.5. The summed E-state index contributed by atoms with van der Waals surface area (Å²) in [6, 6.07) is 1.61. The predicted octanol–water partition coefficient (Wildman–Crippen LogP) is 2.69. The van der Waals surface area contributed by atoms with Crippen LogP contribution in [0.2, 0.25) is 0 Å². The summed E-state index contributed by atoms with van der Waals surface area (Å²) in [5, 5.41) is 35.5. The largest absolute Gasteiger partial charge is 0.472 e. The highest BCUT2D eigenvalue weighted by Gasteiger charge is 2.78. The van der Waals surface area contributed by atoms with Gasteiger partial charge < -0.3 is 48.2 Å². The number of carbonyl (C=O) groups is 6. The van der Waals surface area contributed by atoms with Gasteiger partial charge in [0.1, 0.15) is 35.6 Å². The molecule has 4 rings (SSSR count). The maximum Gasteiger partial charge on any atom is 0.335 e. The van der Waals surface area contributed by atoms with E-state index in [2.05, 4.69) is 6.58 Å². The van der Waals surface area contributed by atoms with Gasteiger partial charge in [-0.1, -0.05) is 40.7 Å². The fourth-order valence-electron chi connectivity index (χ4n) is 9.61. The Bertz CT molecular complexity index is 1620. The molecule has 3 fully saturated rings. The van der Waals surface area contributed by atoms with Gasteiger partial charge in [0, 0.05) is 37.0 Å². The number of aliphatic hydroxyl groups excluding tert-OH is 2. The molecule has 16 heteroatoms. The Balaban J connectivity index is 2.16. The number of rotatable bonds is 14. The number of esters is 5. The van der Waals surface area contributed by atoms with Crippen molar-refractivity contribution in [1.82, 2.24) is 0 Å². The topological polar surface area (TPSA) is 232 Å². The molecule has 1 aromatic rings. The molecular formula is C39H54O16. The second-order valence-corrected chi connectivity index (χ2v) is 15.6. The number of carbonyl (C=O) groups excluding carboxylic acids is 6. The van der Waals surface area contributed by atoms with Crippen molar-refractivity contribution in [3.05, 3.63) is 36.3 Å². The van der Waals surface area contributed by atoms with E-state index in [-0.39, 0.29) is 25.1 Å². The average Bonchev–Trinajstić information content (AvgIpc) is 3.71. The lowest BCUT2D eigenvalue weighted by molar-refractivity contribution is -0.251. The van der Waals surface area contributed by atoms with E-state index in [1.807, 2.05) is 0 Å². The van der Waals surface area contributed by atoms with Crippen LogP contribution in [0, 0.1) is 28.6 Å². The van der Waals surface area contributed by atoms with Gasteiger partial charge in [-0.05, 0) is 43.4 Å². The van der Waals surface area contributed by atoms with Gasteiger partial charge in [-0.25, -0.2) is 4.79 Å². The summed E-state index contributed by atoms with van der Waals surface area (Å²) in [5.74, 6) is -8.84. The van der Waals surface area contributed by atoms with Crippen molar-refractivity contribution in [1.29, 1.82) is 0 Å². The first-order valence-corrected chi connectivity index (χ1v) is 18.5. The number of hydrogen-bond donors (Lipinski definition) is 3. The molecule has 1 aromatic heterocycles. The lowest BCUT2D eigenvalue weighted by Gasteiger charge is -2.62. The van der Waals surface area contributed by atoms with Crippen molar-refractivity contribution in [3.63, 3.8) is 0 Å². The molecule has 0 radical (unpaired) electrons. The zero-order valence-electron chi connectivity index (χ0n) is 32.6. The van der Waals surface area contributed by atoms with Crippen LogP contribution in [0.4, 0.5) is 0 Å². The molecule has 2 aliphatic carbocycles. The number of ether oxygens (including phenoxy) is 6. The van der Waals surface area contributed by atoms with E-state index in [1.165, 1.54) is 26.4 Å². The average molecular weight is 779 g/mol. The van der Waals surface area contributed by atoms with E-state index in [1.54, 1.807) is 33.8 Å². The molecule has 2 unspecified atom stereocenters.